The number of nitrogens with one attached hydrogen (secondary N) is 1. The Kier molecular flexibility index (Phi) is 2.37. The number of carbonyl (C=O) groups excluding carboxylic acids is 1. The third-order valence-corrected chi connectivity index (χ3v) is 6.18. The van der Waals surface area contributed by atoms with Crippen LogP contribution in [-0.2, 0) is 4.79 Å². The number of carbonyl (C=O) groups is 1. The Bertz CT molecular complexity index is 403. The third-order valence-electron chi connectivity index (χ3n) is 6.18. The van der Waals surface area contributed by atoms with Crippen molar-refractivity contribution in [1.29, 1.82) is 0 Å². The number of rotatable bonds is 2. The van der Waals surface area contributed by atoms with E-state index in [1.807, 2.05) is 6.08 Å². The van der Waals surface area contributed by atoms with Gasteiger partial charge in [-0.1, -0.05) is 24.8 Å². The molecule has 0 unspecified atom stereocenters. The average Bonchev–Trinajstić information content (AvgIpc) is 2.74. The standard InChI is InChI=1S/C16H23NO/c18-15-10-13(11-4-1-2-5-11)14-8-9-16(14,17-15)12-6-3-7-12/h10-12,14H,1-9H2,(H,17,18)/t14-,16+/m1/s1. The molecular formula is C16H23NO. The zero-order valence-electron chi connectivity index (χ0n) is 11.1. The molecule has 2 atom stereocenters. The highest BCUT2D eigenvalue weighted by Crippen LogP contribution is 2.57. The van der Waals surface area contributed by atoms with Gasteiger partial charge in [-0.15, -0.1) is 0 Å². The molecule has 98 valence electrons. The van der Waals surface area contributed by atoms with Crippen molar-refractivity contribution < 1.29 is 4.79 Å². The zero-order valence-corrected chi connectivity index (χ0v) is 11.1. The minimum atomic E-state index is 0.196. The first-order valence-electron chi connectivity index (χ1n) is 7.83. The van der Waals surface area contributed by atoms with Crippen LogP contribution in [0.5, 0.6) is 0 Å². The van der Waals surface area contributed by atoms with Crippen molar-refractivity contribution in [2.24, 2.45) is 17.8 Å². The van der Waals surface area contributed by atoms with Gasteiger partial charge in [0.05, 0.1) is 0 Å². The van der Waals surface area contributed by atoms with Crippen LogP contribution in [0.3, 0.4) is 0 Å². The number of hydrogen-bond donors (Lipinski definition) is 1. The van der Waals surface area contributed by atoms with Crippen molar-refractivity contribution in [2.45, 2.75) is 63.3 Å². The summed E-state index contributed by atoms with van der Waals surface area (Å²) in [5.74, 6) is 2.43. The highest BCUT2D eigenvalue weighted by molar-refractivity contribution is 5.90. The summed E-state index contributed by atoms with van der Waals surface area (Å²) in [4.78, 5) is 12.1. The fourth-order valence-electron chi connectivity index (χ4n) is 4.91. The molecule has 1 heterocycles. The van der Waals surface area contributed by atoms with Crippen LogP contribution >= 0.6 is 0 Å². The molecule has 2 nitrogen and oxygen atoms in total. The molecule has 0 aromatic rings. The van der Waals surface area contributed by atoms with Gasteiger partial charge in [0, 0.05) is 17.5 Å². The van der Waals surface area contributed by atoms with Crippen LogP contribution in [0.15, 0.2) is 11.6 Å². The molecule has 18 heavy (non-hydrogen) atoms. The molecule has 0 aromatic carbocycles. The lowest BCUT2D eigenvalue weighted by Gasteiger charge is -2.60. The average molecular weight is 245 g/mol. The van der Waals surface area contributed by atoms with Gasteiger partial charge in [0.25, 0.3) is 0 Å². The first-order valence-corrected chi connectivity index (χ1v) is 7.83. The van der Waals surface area contributed by atoms with E-state index in [9.17, 15) is 4.79 Å². The molecule has 4 aliphatic rings. The monoisotopic (exact) mass is 245 g/mol. The molecular weight excluding hydrogens is 222 g/mol. The molecule has 1 N–H and O–H groups in total. The molecule has 0 aromatic heterocycles. The van der Waals surface area contributed by atoms with Gasteiger partial charge >= 0.3 is 0 Å². The van der Waals surface area contributed by atoms with Gasteiger partial charge in [-0.05, 0) is 50.4 Å². The lowest BCUT2D eigenvalue weighted by atomic mass is 9.51. The van der Waals surface area contributed by atoms with Gasteiger partial charge in [0.2, 0.25) is 5.91 Å². The maximum Gasteiger partial charge on any atom is 0.244 e. The quantitative estimate of drug-likeness (QED) is 0.795. The Morgan fingerprint density at radius 2 is 1.83 bits per heavy atom. The smallest absolute Gasteiger partial charge is 0.244 e. The predicted molar refractivity (Wildman–Crippen MR) is 71.0 cm³/mol. The summed E-state index contributed by atoms with van der Waals surface area (Å²) in [5, 5.41) is 3.37. The van der Waals surface area contributed by atoms with E-state index >= 15 is 0 Å². The van der Waals surface area contributed by atoms with E-state index in [1.165, 1.54) is 63.4 Å². The van der Waals surface area contributed by atoms with Crippen LogP contribution in [-0.4, -0.2) is 11.4 Å². The summed E-state index contributed by atoms with van der Waals surface area (Å²) >= 11 is 0. The molecule has 0 bridgehead atoms. The maximum absolute atomic E-state index is 12.1. The van der Waals surface area contributed by atoms with Crippen molar-refractivity contribution >= 4 is 5.91 Å². The summed E-state index contributed by atoms with van der Waals surface area (Å²) in [6.45, 7) is 0. The van der Waals surface area contributed by atoms with Gasteiger partial charge in [-0.2, -0.15) is 0 Å². The van der Waals surface area contributed by atoms with Crippen LogP contribution in [0.4, 0.5) is 0 Å². The van der Waals surface area contributed by atoms with E-state index < -0.39 is 0 Å². The summed E-state index contributed by atoms with van der Waals surface area (Å²) in [7, 11) is 0. The SMILES string of the molecule is O=C1C=C(C2CCCC2)[C@H]2CC[C@@]2(C2CCC2)N1. The van der Waals surface area contributed by atoms with Crippen LogP contribution in [0, 0.1) is 17.8 Å². The van der Waals surface area contributed by atoms with E-state index in [1.54, 1.807) is 0 Å². The Hall–Kier alpha value is -0.790. The van der Waals surface area contributed by atoms with Crippen molar-refractivity contribution in [3.63, 3.8) is 0 Å². The van der Waals surface area contributed by atoms with E-state index in [-0.39, 0.29) is 11.4 Å². The third kappa shape index (κ3) is 1.38. The van der Waals surface area contributed by atoms with E-state index in [4.69, 9.17) is 0 Å². The summed E-state index contributed by atoms with van der Waals surface area (Å²) < 4.78 is 0. The van der Waals surface area contributed by atoms with Gasteiger partial charge in [-0.3, -0.25) is 4.79 Å². The van der Waals surface area contributed by atoms with Crippen LogP contribution in [0.1, 0.15) is 57.8 Å². The van der Waals surface area contributed by atoms with E-state index in [0.29, 0.717) is 5.92 Å². The summed E-state index contributed by atoms with van der Waals surface area (Å²) in [6, 6.07) is 0. The number of amides is 1. The van der Waals surface area contributed by atoms with Gasteiger partial charge < -0.3 is 5.32 Å². The summed E-state index contributed by atoms with van der Waals surface area (Å²) in [6.07, 6.45) is 14.0. The molecule has 0 saturated heterocycles. The second-order valence-electron chi connectivity index (χ2n) is 6.87. The fraction of sp³-hybridized carbons (Fsp3) is 0.812. The molecule has 3 fully saturated rings. The molecule has 1 aliphatic heterocycles. The molecule has 0 spiro atoms. The normalized spacial score (nSPS) is 40.6. The van der Waals surface area contributed by atoms with Gasteiger partial charge in [-0.25, -0.2) is 0 Å². The van der Waals surface area contributed by atoms with Gasteiger partial charge in [0.1, 0.15) is 0 Å². The van der Waals surface area contributed by atoms with Crippen LogP contribution in [0.2, 0.25) is 0 Å². The maximum atomic E-state index is 12.1. The lowest BCUT2D eigenvalue weighted by molar-refractivity contribution is -0.125. The van der Waals surface area contributed by atoms with Crippen LogP contribution in [0.25, 0.3) is 0 Å². The minimum Gasteiger partial charge on any atom is -0.346 e. The predicted octanol–water partition coefficient (Wildman–Crippen LogP) is 3.18. The van der Waals surface area contributed by atoms with Crippen molar-refractivity contribution in [3.05, 3.63) is 11.6 Å². The molecule has 3 saturated carbocycles. The Morgan fingerprint density at radius 1 is 1.06 bits per heavy atom. The number of hydrogen-bond acceptors (Lipinski definition) is 1. The zero-order chi connectivity index (χ0) is 12.2. The van der Waals surface area contributed by atoms with E-state index in [2.05, 4.69) is 5.32 Å². The Labute approximate surface area is 109 Å². The lowest BCUT2D eigenvalue weighted by Crippen LogP contribution is -2.68. The fourth-order valence-corrected chi connectivity index (χ4v) is 4.91. The Morgan fingerprint density at radius 3 is 2.39 bits per heavy atom. The number of fused-ring (bicyclic) bond motifs is 1. The van der Waals surface area contributed by atoms with Crippen molar-refractivity contribution in [3.8, 4) is 0 Å². The molecule has 3 aliphatic carbocycles. The minimum absolute atomic E-state index is 0.196. The topological polar surface area (TPSA) is 29.1 Å². The van der Waals surface area contributed by atoms with Gasteiger partial charge in [0.15, 0.2) is 0 Å². The Balaban J connectivity index is 1.65. The first-order chi connectivity index (χ1) is 8.79. The molecule has 2 heteroatoms. The van der Waals surface area contributed by atoms with Crippen LogP contribution < -0.4 is 5.32 Å². The largest absolute Gasteiger partial charge is 0.346 e. The highest BCUT2D eigenvalue weighted by Gasteiger charge is 2.57. The second kappa shape index (κ2) is 3.85. The summed E-state index contributed by atoms with van der Waals surface area (Å²) in [5.41, 5.74) is 1.73. The molecule has 1 amide bonds. The van der Waals surface area contributed by atoms with Crippen molar-refractivity contribution in [1.82, 2.24) is 5.32 Å². The van der Waals surface area contributed by atoms with E-state index in [0.717, 1.165) is 11.8 Å². The molecule has 4 rings (SSSR count). The van der Waals surface area contributed by atoms with Crippen molar-refractivity contribution in [2.75, 3.05) is 0 Å². The highest BCUT2D eigenvalue weighted by atomic mass is 16.1. The first kappa shape index (κ1) is 11.1. The second-order valence-corrected chi connectivity index (χ2v) is 6.87. The molecule has 0 radical (unpaired) electrons.